The standard InChI is InChI=1S/3C3H2Br2O2.Al/c3*4-1-2(5)3(6)7;/h3*1H,(H,6,7);/q;;;+3/p-3. The molecular weight excluding hydrogens is 710 g/mol. The third-order valence-corrected chi connectivity index (χ3v) is 5.75. The molecule has 0 aliphatic carbocycles. The van der Waals surface area contributed by atoms with Gasteiger partial charge in [-0.2, -0.15) is 0 Å². The van der Waals surface area contributed by atoms with Crippen molar-refractivity contribution in [3.8, 4) is 0 Å². The van der Waals surface area contributed by atoms with Crippen LogP contribution in [0.2, 0.25) is 0 Å². The van der Waals surface area contributed by atoms with Gasteiger partial charge in [-0.3, -0.25) is 0 Å². The van der Waals surface area contributed by atoms with Crippen LogP contribution in [0.15, 0.2) is 28.4 Å². The number of carboxylic acid groups (broad SMARTS) is 3. The Hall–Kier alpha value is 1.04. The summed E-state index contributed by atoms with van der Waals surface area (Å²) < 4.78 is 0.0208. The van der Waals surface area contributed by atoms with Crippen LogP contribution in [0.3, 0.4) is 0 Å². The van der Waals surface area contributed by atoms with Gasteiger partial charge >= 0.3 is 17.4 Å². The molecule has 0 spiro atoms. The second-order valence-corrected chi connectivity index (χ2v) is 6.17. The fraction of sp³-hybridized carbons (Fsp3) is 0. The molecule has 0 saturated carbocycles. The molecule has 0 radical (unpaired) electrons. The Balaban J connectivity index is -0.000000108. The third kappa shape index (κ3) is 23.3. The molecule has 0 aliphatic heterocycles. The summed E-state index contributed by atoms with van der Waals surface area (Å²) in [5.41, 5.74) is 0. The molecule has 0 N–H and O–H groups in total. The molecule has 0 bridgehead atoms. The molecule has 0 heterocycles. The van der Waals surface area contributed by atoms with Crippen molar-refractivity contribution in [1.82, 2.24) is 0 Å². The van der Waals surface area contributed by atoms with Gasteiger partial charge in [0.2, 0.25) is 0 Å². The first kappa shape index (κ1) is 30.9. The molecule has 0 aromatic carbocycles. The van der Waals surface area contributed by atoms with Crippen LogP contribution < -0.4 is 15.3 Å². The summed E-state index contributed by atoms with van der Waals surface area (Å²) in [6, 6.07) is 0. The van der Waals surface area contributed by atoms with E-state index in [9.17, 15) is 29.7 Å². The summed E-state index contributed by atoms with van der Waals surface area (Å²) in [5, 5.41) is 29.0. The van der Waals surface area contributed by atoms with Crippen LogP contribution in [0, 0.1) is 0 Å². The number of rotatable bonds is 3. The molecule has 0 rings (SSSR count). The van der Waals surface area contributed by atoms with Crippen LogP contribution in [-0.4, -0.2) is 35.3 Å². The van der Waals surface area contributed by atoms with E-state index in [0.717, 1.165) is 0 Å². The molecule has 6 nitrogen and oxygen atoms in total. The number of aliphatic carboxylic acids is 3. The Bertz CT molecular complexity index is 395. The first-order valence-corrected chi connectivity index (χ1v) is 9.19. The van der Waals surface area contributed by atoms with Gasteiger partial charge in [0.05, 0.1) is 17.9 Å². The maximum atomic E-state index is 9.67. The predicted molar refractivity (Wildman–Crippen MR) is 98.6 cm³/mol. The van der Waals surface area contributed by atoms with Crippen molar-refractivity contribution < 1.29 is 29.7 Å². The van der Waals surface area contributed by atoms with E-state index in [1.54, 1.807) is 0 Å². The zero-order chi connectivity index (χ0) is 17.6. The maximum absolute atomic E-state index is 9.67. The normalized spacial score (nSPS) is 10.9. The van der Waals surface area contributed by atoms with E-state index in [2.05, 4.69) is 95.6 Å². The summed E-state index contributed by atoms with van der Waals surface area (Å²) in [7, 11) is 0. The molecule has 0 fully saturated rings. The van der Waals surface area contributed by atoms with Gasteiger partial charge in [-0.25, -0.2) is 0 Å². The summed E-state index contributed by atoms with van der Waals surface area (Å²) in [5.74, 6) is -3.68. The minimum Gasteiger partial charge on any atom is -0.544 e. The average Bonchev–Trinajstić information content (AvgIpc) is 2.45. The molecule has 0 aromatic rings. The maximum Gasteiger partial charge on any atom is 3.00 e. The van der Waals surface area contributed by atoms with Gasteiger partial charge in [0.1, 0.15) is 0 Å². The number of carbonyl (C=O) groups is 3. The fourth-order valence-corrected chi connectivity index (χ4v) is 0.694. The Morgan fingerprint density at radius 3 is 0.727 bits per heavy atom. The first-order valence-electron chi connectivity index (χ1n) is 4.06. The molecular formula is C9H3AlBr6O6. The van der Waals surface area contributed by atoms with E-state index in [-0.39, 0.29) is 30.8 Å². The summed E-state index contributed by atoms with van der Waals surface area (Å²) >= 11 is 16.4. The van der Waals surface area contributed by atoms with Gasteiger partial charge in [-0.05, 0) is 62.7 Å². The summed E-state index contributed by atoms with van der Waals surface area (Å²) in [6.45, 7) is 0. The van der Waals surface area contributed by atoms with Crippen molar-refractivity contribution in [3.63, 3.8) is 0 Å². The van der Waals surface area contributed by atoms with Crippen molar-refractivity contribution in [1.29, 1.82) is 0 Å². The van der Waals surface area contributed by atoms with Crippen molar-refractivity contribution in [3.05, 3.63) is 28.4 Å². The van der Waals surface area contributed by atoms with Crippen LogP contribution >= 0.6 is 95.6 Å². The van der Waals surface area contributed by atoms with Crippen LogP contribution in [0.1, 0.15) is 0 Å². The minimum absolute atomic E-state index is 0. The molecule has 0 atom stereocenters. The number of hydrogen-bond acceptors (Lipinski definition) is 6. The van der Waals surface area contributed by atoms with E-state index in [1.165, 1.54) is 15.0 Å². The fourth-order valence-electron chi connectivity index (χ4n) is 0.134. The second-order valence-electron chi connectivity index (χ2n) is 2.23. The van der Waals surface area contributed by atoms with E-state index in [0.29, 0.717) is 0 Å². The van der Waals surface area contributed by atoms with Crippen LogP contribution in [-0.2, 0) is 14.4 Å². The van der Waals surface area contributed by atoms with Crippen molar-refractivity contribution in [2.75, 3.05) is 0 Å². The van der Waals surface area contributed by atoms with Gasteiger partial charge in [-0.15, -0.1) is 0 Å². The van der Waals surface area contributed by atoms with Gasteiger partial charge in [-0.1, -0.05) is 47.8 Å². The second kappa shape index (κ2) is 20.1. The first-order chi connectivity index (χ1) is 9.54. The molecule has 0 saturated heterocycles. The number of carbonyl (C=O) groups excluding carboxylic acids is 3. The predicted octanol–water partition coefficient (Wildman–Crippen LogP) is 0.722. The Kier molecular flexibility index (Phi) is 28.2. The Morgan fingerprint density at radius 1 is 0.591 bits per heavy atom. The number of halogens is 6. The number of carboxylic acids is 3. The quantitative estimate of drug-likeness (QED) is 0.315. The van der Waals surface area contributed by atoms with Crippen LogP contribution in [0.25, 0.3) is 0 Å². The minimum atomic E-state index is -1.23. The van der Waals surface area contributed by atoms with E-state index in [4.69, 9.17) is 0 Å². The molecule has 0 amide bonds. The van der Waals surface area contributed by atoms with Gasteiger partial charge in [0, 0.05) is 13.4 Å². The van der Waals surface area contributed by atoms with E-state index < -0.39 is 17.9 Å². The molecule has 120 valence electrons. The zero-order valence-electron chi connectivity index (χ0n) is 10.0. The molecule has 13 heteroatoms. The van der Waals surface area contributed by atoms with Crippen LogP contribution in [0.4, 0.5) is 0 Å². The topological polar surface area (TPSA) is 120 Å². The number of hydrogen-bond donors (Lipinski definition) is 0. The van der Waals surface area contributed by atoms with Crippen molar-refractivity contribution in [2.45, 2.75) is 0 Å². The average molecular weight is 714 g/mol. The van der Waals surface area contributed by atoms with Crippen LogP contribution in [0.5, 0.6) is 0 Å². The summed E-state index contributed by atoms with van der Waals surface area (Å²) in [4.78, 5) is 32.7. The molecule has 0 unspecified atom stereocenters. The van der Waals surface area contributed by atoms with E-state index >= 15 is 0 Å². The molecule has 0 aliphatic rings. The third-order valence-electron chi connectivity index (χ3n) is 0.872. The van der Waals surface area contributed by atoms with Gasteiger partial charge < -0.3 is 29.7 Å². The van der Waals surface area contributed by atoms with E-state index in [1.807, 2.05) is 0 Å². The Labute approximate surface area is 187 Å². The smallest absolute Gasteiger partial charge is 0.544 e. The van der Waals surface area contributed by atoms with Gasteiger partial charge in [0.15, 0.2) is 0 Å². The molecule has 0 aromatic heterocycles. The van der Waals surface area contributed by atoms with Crippen molar-refractivity contribution >= 4 is 131 Å². The zero-order valence-corrected chi connectivity index (χ0v) is 20.7. The van der Waals surface area contributed by atoms with Crippen molar-refractivity contribution in [2.24, 2.45) is 0 Å². The SMILES string of the molecule is O=C([O-])C(Br)=CBr.O=C([O-])C(Br)=CBr.O=C([O-])C(Br)=CBr.[Al+3]. The Morgan fingerprint density at radius 2 is 0.727 bits per heavy atom. The molecule has 22 heavy (non-hydrogen) atoms. The largest absolute Gasteiger partial charge is 3.00 e. The summed E-state index contributed by atoms with van der Waals surface area (Å²) in [6.07, 6.45) is 0. The monoisotopic (exact) mass is 707 g/mol. The van der Waals surface area contributed by atoms with Gasteiger partial charge in [0.25, 0.3) is 0 Å².